The van der Waals surface area contributed by atoms with Gasteiger partial charge in [-0.1, -0.05) is 6.92 Å². The Bertz CT molecular complexity index is 410. The van der Waals surface area contributed by atoms with E-state index in [-0.39, 0.29) is 23.5 Å². The molecule has 0 bridgehead atoms. The number of aromatic amines is 1. The van der Waals surface area contributed by atoms with E-state index in [1.165, 1.54) is 0 Å². The van der Waals surface area contributed by atoms with E-state index in [0.29, 0.717) is 18.5 Å². The van der Waals surface area contributed by atoms with Gasteiger partial charge in [-0.25, -0.2) is 0 Å². The van der Waals surface area contributed by atoms with Gasteiger partial charge in [0, 0.05) is 12.8 Å². The highest BCUT2D eigenvalue weighted by Gasteiger charge is 2.40. The molecule has 1 unspecified atom stereocenters. The van der Waals surface area contributed by atoms with E-state index in [2.05, 4.69) is 4.98 Å². The van der Waals surface area contributed by atoms with Crippen molar-refractivity contribution in [2.75, 3.05) is 7.11 Å². The zero-order chi connectivity index (χ0) is 13.2. The first-order valence-corrected chi connectivity index (χ1v) is 5.14. The van der Waals surface area contributed by atoms with E-state index in [4.69, 9.17) is 5.11 Å². The maximum Gasteiger partial charge on any atom is 0.418 e. The van der Waals surface area contributed by atoms with Crippen LogP contribution in [0.3, 0.4) is 0 Å². The van der Waals surface area contributed by atoms with E-state index >= 15 is 0 Å². The molecule has 1 aliphatic carbocycles. The smallest absolute Gasteiger partial charge is 0.400 e. The molecule has 1 atom stereocenters. The fourth-order valence-corrected chi connectivity index (χ4v) is 2.19. The molecular weight excluding hydrogens is 235 g/mol. The molecule has 1 aliphatic rings. The quantitative estimate of drug-likeness (QED) is 0.749. The number of carbonyl (C=O) groups excluding carboxylic acids is 1. The number of aldehydes is 1. The van der Waals surface area contributed by atoms with Crippen LogP contribution in [0, 0.1) is 5.92 Å². The molecule has 0 radical (unpaired) electrons. The van der Waals surface area contributed by atoms with Crippen LogP contribution in [0.1, 0.15) is 34.2 Å². The van der Waals surface area contributed by atoms with Gasteiger partial charge in [0.05, 0.1) is 11.3 Å². The van der Waals surface area contributed by atoms with Crippen LogP contribution in [0.25, 0.3) is 0 Å². The molecule has 96 valence electrons. The normalized spacial score (nSPS) is 18.4. The fourth-order valence-electron chi connectivity index (χ4n) is 2.19. The average Bonchev–Trinajstić information content (AvgIpc) is 2.74. The molecular formula is C11H14F3NO2. The fraction of sp³-hybridized carbons (Fsp3) is 0.545. The van der Waals surface area contributed by atoms with Crippen molar-refractivity contribution in [1.82, 2.24) is 4.98 Å². The summed E-state index contributed by atoms with van der Waals surface area (Å²) in [5.41, 5.74) is -0.259. The van der Waals surface area contributed by atoms with Crippen molar-refractivity contribution in [1.29, 1.82) is 0 Å². The van der Waals surface area contributed by atoms with Crippen LogP contribution in [-0.2, 0) is 19.0 Å². The maximum atomic E-state index is 12.7. The molecule has 0 aromatic carbocycles. The van der Waals surface area contributed by atoms with E-state index in [9.17, 15) is 18.0 Å². The van der Waals surface area contributed by atoms with Gasteiger partial charge < -0.3 is 10.1 Å². The zero-order valence-electron chi connectivity index (χ0n) is 9.56. The minimum absolute atomic E-state index is 0.216. The van der Waals surface area contributed by atoms with E-state index in [0.717, 1.165) is 7.11 Å². The van der Waals surface area contributed by atoms with Gasteiger partial charge in [0.2, 0.25) is 0 Å². The molecule has 0 saturated carbocycles. The lowest BCUT2D eigenvalue weighted by Crippen LogP contribution is -2.10. The largest absolute Gasteiger partial charge is 0.418 e. The number of carbonyl (C=O) groups is 1. The van der Waals surface area contributed by atoms with Crippen LogP contribution >= 0.6 is 0 Å². The lowest BCUT2D eigenvalue weighted by Gasteiger charge is -2.08. The van der Waals surface area contributed by atoms with Crippen molar-refractivity contribution in [3.8, 4) is 0 Å². The number of halogens is 3. The van der Waals surface area contributed by atoms with E-state index < -0.39 is 11.7 Å². The predicted molar refractivity (Wildman–Crippen MR) is 55.9 cm³/mol. The molecule has 1 aromatic heterocycles. The lowest BCUT2D eigenvalue weighted by molar-refractivity contribution is -0.138. The molecule has 0 aliphatic heterocycles. The van der Waals surface area contributed by atoms with Gasteiger partial charge in [0.25, 0.3) is 0 Å². The first-order chi connectivity index (χ1) is 7.93. The van der Waals surface area contributed by atoms with Gasteiger partial charge in [-0.05, 0) is 24.3 Å². The highest BCUT2D eigenvalue weighted by molar-refractivity contribution is 5.77. The summed E-state index contributed by atoms with van der Waals surface area (Å²) in [6.07, 6.45) is -3.21. The number of aliphatic hydroxyl groups is 1. The van der Waals surface area contributed by atoms with Crippen LogP contribution < -0.4 is 0 Å². The Hall–Kier alpha value is -1.30. The SMILES string of the molecule is CC1Cc2[nH]c(C=O)c(C(F)(F)F)c2C1.CO. The second kappa shape index (κ2) is 4.91. The zero-order valence-corrected chi connectivity index (χ0v) is 9.56. The highest BCUT2D eigenvalue weighted by atomic mass is 19.4. The Balaban J connectivity index is 0.000000686. The van der Waals surface area contributed by atoms with Gasteiger partial charge in [-0.15, -0.1) is 0 Å². The molecule has 3 nitrogen and oxygen atoms in total. The molecule has 0 amide bonds. The third-order valence-corrected chi connectivity index (χ3v) is 2.73. The van der Waals surface area contributed by atoms with Gasteiger partial charge >= 0.3 is 6.18 Å². The van der Waals surface area contributed by atoms with Crippen LogP contribution in [-0.4, -0.2) is 23.5 Å². The number of rotatable bonds is 1. The Labute approximate surface area is 96.6 Å². The third-order valence-electron chi connectivity index (χ3n) is 2.73. The third kappa shape index (κ3) is 2.52. The number of nitrogens with one attached hydrogen (secondary N) is 1. The standard InChI is InChI=1S/C10H10F3NO.CH4O/c1-5-2-6-7(3-5)14-8(4-15)9(6)10(11,12)13;1-2/h4-5,14H,2-3H2,1H3;2H,1H3. The molecule has 0 spiro atoms. The van der Waals surface area contributed by atoms with Crippen molar-refractivity contribution in [3.63, 3.8) is 0 Å². The minimum atomic E-state index is -4.44. The number of hydrogen-bond acceptors (Lipinski definition) is 2. The minimum Gasteiger partial charge on any atom is -0.400 e. The second-order valence-electron chi connectivity index (χ2n) is 4.00. The monoisotopic (exact) mass is 249 g/mol. The number of alkyl halides is 3. The average molecular weight is 249 g/mol. The molecule has 1 aromatic rings. The van der Waals surface area contributed by atoms with E-state index in [1.54, 1.807) is 0 Å². The van der Waals surface area contributed by atoms with Crippen LogP contribution in [0.15, 0.2) is 0 Å². The summed E-state index contributed by atoms with van der Waals surface area (Å²) in [4.78, 5) is 13.1. The topological polar surface area (TPSA) is 53.1 Å². The number of aromatic nitrogens is 1. The highest BCUT2D eigenvalue weighted by Crippen LogP contribution is 2.40. The molecule has 17 heavy (non-hydrogen) atoms. The number of aliphatic hydroxyl groups excluding tert-OH is 1. The Kier molecular flexibility index (Phi) is 3.98. The lowest BCUT2D eigenvalue weighted by atomic mass is 10.1. The first kappa shape index (κ1) is 13.8. The summed E-state index contributed by atoms with van der Waals surface area (Å²) < 4.78 is 38.0. The summed E-state index contributed by atoms with van der Waals surface area (Å²) >= 11 is 0. The molecule has 0 fully saturated rings. The first-order valence-electron chi connectivity index (χ1n) is 5.14. The molecule has 2 N–H and O–H groups in total. The second-order valence-corrected chi connectivity index (χ2v) is 4.00. The molecule has 6 heteroatoms. The van der Waals surface area contributed by atoms with Gasteiger partial charge in [0.1, 0.15) is 0 Å². The summed E-state index contributed by atoms with van der Waals surface area (Å²) in [7, 11) is 1.00. The van der Waals surface area contributed by atoms with Crippen molar-refractivity contribution in [2.45, 2.75) is 25.9 Å². The predicted octanol–water partition coefficient (Wildman–Crippen LogP) is 2.19. The Morgan fingerprint density at radius 2 is 1.94 bits per heavy atom. The molecule has 2 rings (SSSR count). The Morgan fingerprint density at radius 1 is 1.35 bits per heavy atom. The summed E-state index contributed by atoms with van der Waals surface area (Å²) in [5, 5.41) is 7.00. The summed E-state index contributed by atoms with van der Waals surface area (Å²) in [6, 6.07) is 0. The van der Waals surface area contributed by atoms with Gasteiger partial charge in [0.15, 0.2) is 6.29 Å². The number of hydrogen-bond donors (Lipinski definition) is 2. The summed E-state index contributed by atoms with van der Waals surface area (Å²) in [5.74, 6) is 0.216. The summed E-state index contributed by atoms with van der Waals surface area (Å²) in [6.45, 7) is 1.90. The van der Waals surface area contributed by atoms with Crippen molar-refractivity contribution in [3.05, 3.63) is 22.5 Å². The number of H-pyrrole nitrogens is 1. The van der Waals surface area contributed by atoms with Crippen LogP contribution in [0.5, 0.6) is 0 Å². The van der Waals surface area contributed by atoms with Gasteiger partial charge in [-0.2, -0.15) is 13.2 Å². The molecule has 1 heterocycles. The van der Waals surface area contributed by atoms with E-state index in [1.807, 2.05) is 6.92 Å². The van der Waals surface area contributed by atoms with Crippen molar-refractivity contribution >= 4 is 6.29 Å². The Morgan fingerprint density at radius 3 is 2.41 bits per heavy atom. The van der Waals surface area contributed by atoms with Crippen molar-refractivity contribution < 1.29 is 23.1 Å². The molecule has 0 saturated heterocycles. The van der Waals surface area contributed by atoms with Crippen molar-refractivity contribution in [2.24, 2.45) is 5.92 Å². The van der Waals surface area contributed by atoms with Gasteiger partial charge in [-0.3, -0.25) is 4.79 Å². The van der Waals surface area contributed by atoms with Crippen LogP contribution in [0.4, 0.5) is 13.2 Å². The van der Waals surface area contributed by atoms with Crippen LogP contribution in [0.2, 0.25) is 0 Å². The maximum absolute atomic E-state index is 12.7. The number of fused-ring (bicyclic) bond motifs is 1.